The van der Waals surface area contributed by atoms with Gasteiger partial charge >= 0.3 is 0 Å². The van der Waals surface area contributed by atoms with Crippen molar-refractivity contribution in [3.63, 3.8) is 0 Å². The number of amides is 1. The van der Waals surface area contributed by atoms with Crippen molar-refractivity contribution in [1.29, 1.82) is 0 Å². The molecule has 3 aromatic rings. The number of aromatic nitrogens is 5. The molecule has 0 spiro atoms. The van der Waals surface area contributed by atoms with E-state index < -0.39 is 0 Å². The summed E-state index contributed by atoms with van der Waals surface area (Å²) in [5.74, 6) is -0.190. The van der Waals surface area contributed by atoms with Crippen molar-refractivity contribution < 1.29 is 4.79 Å². The van der Waals surface area contributed by atoms with E-state index in [-0.39, 0.29) is 17.9 Å². The molecule has 0 radical (unpaired) electrons. The van der Waals surface area contributed by atoms with Gasteiger partial charge in [0, 0.05) is 17.7 Å². The van der Waals surface area contributed by atoms with Gasteiger partial charge in [0.25, 0.3) is 5.56 Å². The maximum absolute atomic E-state index is 12.4. The molecule has 26 heavy (non-hydrogen) atoms. The van der Waals surface area contributed by atoms with E-state index >= 15 is 0 Å². The van der Waals surface area contributed by atoms with Crippen LogP contribution < -0.4 is 10.9 Å². The van der Waals surface area contributed by atoms with Crippen molar-refractivity contribution in [1.82, 2.24) is 24.7 Å². The van der Waals surface area contributed by atoms with Crippen LogP contribution >= 0.6 is 11.8 Å². The second kappa shape index (κ2) is 7.96. The number of aryl methyl sites for hydroxylation is 1. The molecule has 2 N–H and O–H groups in total. The van der Waals surface area contributed by atoms with Gasteiger partial charge in [-0.3, -0.25) is 9.59 Å². The number of aromatic amines is 1. The van der Waals surface area contributed by atoms with Crippen molar-refractivity contribution >= 4 is 23.4 Å². The van der Waals surface area contributed by atoms with Crippen LogP contribution in [0, 0.1) is 6.92 Å². The van der Waals surface area contributed by atoms with Crippen molar-refractivity contribution in [2.75, 3.05) is 11.6 Å². The first-order chi connectivity index (χ1) is 12.6. The molecule has 2 heterocycles. The maximum Gasteiger partial charge on any atom is 0.254 e. The Bertz CT molecular complexity index is 968. The number of hydrogen-bond donors (Lipinski definition) is 2. The molecule has 0 bridgehead atoms. The third kappa shape index (κ3) is 3.99. The van der Waals surface area contributed by atoms with E-state index in [4.69, 9.17) is 0 Å². The molecule has 2 aromatic heterocycles. The third-order valence-electron chi connectivity index (χ3n) is 3.84. The maximum atomic E-state index is 12.4. The molecule has 8 nitrogen and oxygen atoms in total. The summed E-state index contributed by atoms with van der Waals surface area (Å²) in [6.07, 6.45) is 5.33. The molecule has 0 saturated carbocycles. The number of rotatable bonds is 6. The van der Waals surface area contributed by atoms with Crippen LogP contribution in [0.25, 0.3) is 5.69 Å². The number of nitrogens with zero attached hydrogens (tertiary/aromatic N) is 4. The van der Waals surface area contributed by atoms with E-state index in [0.29, 0.717) is 28.5 Å². The van der Waals surface area contributed by atoms with Gasteiger partial charge in [-0.2, -0.15) is 5.10 Å². The van der Waals surface area contributed by atoms with Gasteiger partial charge in [-0.15, -0.1) is 0 Å². The number of carbonyl (C=O) groups is 1. The van der Waals surface area contributed by atoms with Crippen LogP contribution in [0.3, 0.4) is 0 Å². The van der Waals surface area contributed by atoms with Gasteiger partial charge in [0.2, 0.25) is 5.91 Å². The lowest BCUT2D eigenvalue weighted by atomic mass is 10.1. The molecule has 0 aliphatic carbocycles. The van der Waals surface area contributed by atoms with E-state index in [9.17, 15) is 9.59 Å². The molecule has 0 saturated heterocycles. The summed E-state index contributed by atoms with van der Waals surface area (Å²) < 4.78 is 1.58. The van der Waals surface area contributed by atoms with Crippen molar-refractivity contribution in [3.05, 3.63) is 58.5 Å². The van der Waals surface area contributed by atoms with Crippen LogP contribution in [0.5, 0.6) is 0 Å². The Morgan fingerprint density at radius 3 is 2.85 bits per heavy atom. The fraction of sp³-hybridized carbons (Fsp3) is 0.235. The summed E-state index contributed by atoms with van der Waals surface area (Å²) >= 11 is 1.37. The first-order valence-corrected chi connectivity index (χ1v) is 9.18. The summed E-state index contributed by atoms with van der Waals surface area (Å²) in [6, 6.07) is 7.32. The standard InChI is InChI=1S/C17H18N6O2S/c1-11-12(16(25)22-17(20-11)26-2)7-8-15(24)21-13-5-3-4-6-14(13)23-10-18-9-19-23/h3-6,9-10H,7-8H2,1-2H3,(H,21,24)(H,20,22,25). The van der Waals surface area contributed by atoms with Crippen LogP contribution in [-0.2, 0) is 11.2 Å². The number of carbonyl (C=O) groups excluding carboxylic acids is 1. The van der Waals surface area contributed by atoms with Gasteiger partial charge in [0.05, 0.1) is 11.4 Å². The zero-order valence-electron chi connectivity index (χ0n) is 14.4. The Kier molecular flexibility index (Phi) is 5.47. The number of nitrogens with one attached hydrogen (secondary N) is 2. The Hall–Kier alpha value is -2.94. The van der Waals surface area contributed by atoms with E-state index in [0.717, 1.165) is 5.69 Å². The highest BCUT2D eigenvalue weighted by atomic mass is 32.2. The zero-order valence-corrected chi connectivity index (χ0v) is 15.2. The molecular formula is C17H18N6O2S. The van der Waals surface area contributed by atoms with E-state index in [1.807, 2.05) is 24.5 Å². The van der Waals surface area contributed by atoms with Crippen molar-refractivity contribution in [3.8, 4) is 5.69 Å². The topological polar surface area (TPSA) is 106 Å². The number of hydrogen-bond acceptors (Lipinski definition) is 6. The number of anilines is 1. The van der Waals surface area contributed by atoms with Crippen LogP contribution in [0.15, 0.2) is 46.9 Å². The molecule has 0 atom stereocenters. The molecule has 9 heteroatoms. The summed E-state index contributed by atoms with van der Waals surface area (Å²) in [5, 5.41) is 7.52. The summed E-state index contributed by atoms with van der Waals surface area (Å²) in [4.78, 5) is 35.5. The minimum Gasteiger partial charge on any atom is -0.324 e. The number of para-hydroxylation sites is 2. The number of thioether (sulfide) groups is 1. The highest BCUT2D eigenvalue weighted by molar-refractivity contribution is 7.98. The SMILES string of the molecule is CSc1nc(C)c(CCC(=O)Nc2ccccc2-n2cncn2)c(=O)[nH]1. The molecule has 134 valence electrons. The lowest BCUT2D eigenvalue weighted by Gasteiger charge is -2.11. The van der Waals surface area contributed by atoms with Crippen LogP contribution in [0.1, 0.15) is 17.7 Å². The van der Waals surface area contributed by atoms with E-state index in [1.165, 1.54) is 18.1 Å². The van der Waals surface area contributed by atoms with Crippen molar-refractivity contribution in [2.45, 2.75) is 24.9 Å². The molecule has 0 aliphatic rings. The Morgan fingerprint density at radius 1 is 1.35 bits per heavy atom. The molecule has 0 aliphatic heterocycles. The average molecular weight is 370 g/mol. The third-order valence-corrected chi connectivity index (χ3v) is 4.42. The van der Waals surface area contributed by atoms with Crippen LogP contribution in [-0.4, -0.2) is 36.9 Å². The summed E-state index contributed by atoms with van der Waals surface area (Å²) in [6.45, 7) is 1.78. The molecule has 0 unspecified atom stereocenters. The molecule has 1 amide bonds. The number of benzene rings is 1. The average Bonchev–Trinajstić information content (AvgIpc) is 3.15. The highest BCUT2D eigenvalue weighted by Crippen LogP contribution is 2.19. The zero-order chi connectivity index (χ0) is 18.5. The van der Waals surface area contributed by atoms with Crippen LogP contribution in [0.2, 0.25) is 0 Å². The minimum absolute atomic E-state index is 0.176. The highest BCUT2D eigenvalue weighted by Gasteiger charge is 2.12. The molecule has 0 fully saturated rings. The lowest BCUT2D eigenvalue weighted by Crippen LogP contribution is -2.20. The second-order valence-electron chi connectivity index (χ2n) is 5.54. The normalized spacial score (nSPS) is 10.7. The largest absolute Gasteiger partial charge is 0.324 e. The number of H-pyrrole nitrogens is 1. The molecule has 3 rings (SSSR count). The van der Waals surface area contributed by atoms with Gasteiger partial charge in [-0.25, -0.2) is 14.6 Å². The summed E-state index contributed by atoms with van der Waals surface area (Å²) in [5.41, 5.74) is 2.33. The van der Waals surface area contributed by atoms with Gasteiger partial charge < -0.3 is 10.3 Å². The Balaban J connectivity index is 1.71. The van der Waals surface area contributed by atoms with Gasteiger partial charge in [0.1, 0.15) is 12.7 Å². The van der Waals surface area contributed by atoms with Crippen LogP contribution in [0.4, 0.5) is 5.69 Å². The minimum atomic E-state index is -0.197. The Labute approximate surface area is 154 Å². The van der Waals surface area contributed by atoms with Gasteiger partial charge in [-0.1, -0.05) is 23.9 Å². The predicted molar refractivity (Wildman–Crippen MR) is 99.7 cm³/mol. The fourth-order valence-electron chi connectivity index (χ4n) is 2.54. The smallest absolute Gasteiger partial charge is 0.254 e. The first-order valence-electron chi connectivity index (χ1n) is 7.96. The first kappa shape index (κ1) is 17.9. The van der Waals surface area contributed by atoms with E-state index in [2.05, 4.69) is 25.4 Å². The quantitative estimate of drug-likeness (QED) is 0.507. The lowest BCUT2D eigenvalue weighted by molar-refractivity contribution is -0.116. The monoisotopic (exact) mass is 370 g/mol. The van der Waals surface area contributed by atoms with Gasteiger partial charge in [0.15, 0.2) is 5.16 Å². The second-order valence-corrected chi connectivity index (χ2v) is 6.34. The van der Waals surface area contributed by atoms with Crippen molar-refractivity contribution in [2.24, 2.45) is 0 Å². The molecule has 1 aromatic carbocycles. The van der Waals surface area contributed by atoms with Gasteiger partial charge in [-0.05, 0) is 31.7 Å². The van der Waals surface area contributed by atoms with E-state index in [1.54, 1.807) is 24.0 Å². The summed E-state index contributed by atoms with van der Waals surface area (Å²) in [7, 11) is 0. The Morgan fingerprint density at radius 2 is 2.15 bits per heavy atom. The predicted octanol–water partition coefficient (Wildman–Crippen LogP) is 1.95. The fourth-order valence-corrected chi connectivity index (χ4v) is 2.96. The molecular weight excluding hydrogens is 352 g/mol.